The second-order valence-corrected chi connectivity index (χ2v) is 17.6. The number of nitrogens with zero attached hydrogens (tertiary/aromatic N) is 3. The Morgan fingerprint density at radius 3 is 2.02 bits per heavy atom. The number of nitrogens with two attached hydrogens (primary N) is 1. The molecule has 4 aromatic carbocycles. The smallest absolute Gasteiger partial charge is 0.407 e. The summed E-state index contributed by atoms with van der Waals surface area (Å²) in [6.45, 7) is 10.4. The molecule has 0 saturated carbocycles. The number of rotatable bonds is 17. The molecule has 6 rings (SSSR count). The molecule has 0 bridgehead atoms. The molecule has 3 atom stereocenters. The number of ether oxygens (including phenoxy) is 1. The van der Waals surface area contributed by atoms with Crippen LogP contribution in [0.1, 0.15) is 82.3 Å². The third-order valence-electron chi connectivity index (χ3n) is 11.7. The molecule has 4 N–H and O–H groups in total. The minimum atomic E-state index is -1.09. The molecule has 0 fully saturated rings. The maximum absolute atomic E-state index is 15.2. The van der Waals surface area contributed by atoms with Crippen LogP contribution >= 0.6 is 0 Å². The van der Waals surface area contributed by atoms with E-state index in [1.807, 2.05) is 104 Å². The summed E-state index contributed by atoms with van der Waals surface area (Å²) in [4.78, 5) is 57.2. The standard InChI is InChI=1S/C50H57F2N5O6/c1-31(2)45(54-49(62)63-30-41-38-19-12-10-17-36(38)37-18-11-13-20-39(37)41)48(61)56(32(3)47(53)60)23-14-24-57(44(59)29-58)46(50(4,5)6)43-25-34(40-26-35(51)21-22-42(40)52)28-55(43)27-33-15-8-7-9-16-33/h7-13,15-22,25-26,28,31-32,41,45-46,58H,14,23-24,27,29-30H2,1-6H3,(H2,53,60)(H,54,62)/t32-,45-,46-/m0/s1. The second-order valence-electron chi connectivity index (χ2n) is 17.6. The van der Waals surface area contributed by atoms with Gasteiger partial charge in [0.2, 0.25) is 17.7 Å². The summed E-state index contributed by atoms with van der Waals surface area (Å²) >= 11 is 0. The summed E-state index contributed by atoms with van der Waals surface area (Å²) in [5.74, 6) is -3.76. The molecule has 5 aromatic rings. The Morgan fingerprint density at radius 1 is 0.825 bits per heavy atom. The fourth-order valence-corrected chi connectivity index (χ4v) is 8.62. The van der Waals surface area contributed by atoms with Crippen molar-refractivity contribution in [3.8, 4) is 22.3 Å². The number of amides is 4. The Bertz CT molecular complexity index is 2380. The number of halogens is 2. The SMILES string of the molecule is CC(C)[C@H](NC(=O)OCC1c2ccccc2-c2ccccc21)C(=O)N(CCCN(C(=O)CO)[C@@H](c1cc(-c2cc(F)ccc2F)cn1Cc1ccccc1)C(C)(C)C)[C@@H](C)C(N)=O. The Labute approximate surface area is 367 Å². The summed E-state index contributed by atoms with van der Waals surface area (Å²) in [6.07, 6.45) is 1.08. The van der Waals surface area contributed by atoms with Crippen LogP contribution in [0.3, 0.4) is 0 Å². The van der Waals surface area contributed by atoms with Crippen LogP contribution in [0, 0.1) is 23.0 Å². The van der Waals surface area contributed by atoms with E-state index in [-0.39, 0.29) is 37.6 Å². The van der Waals surface area contributed by atoms with Crippen LogP contribution < -0.4 is 11.1 Å². The monoisotopic (exact) mass is 861 g/mol. The van der Waals surface area contributed by atoms with Gasteiger partial charge in [0.05, 0.1) is 6.04 Å². The first-order chi connectivity index (χ1) is 30.0. The molecule has 1 aliphatic carbocycles. The highest BCUT2D eigenvalue weighted by Gasteiger charge is 2.39. The van der Waals surface area contributed by atoms with Crippen molar-refractivity contribution in [1.82, 2.24) is 19.7 Å². The lowest BCUT2D eigenvalue weighted by atomic mass is 9.83. The Balaban J connectivity index is 1.24. The number of benzene rings is 4. The van der Waals surface area contributed by atoms with E-state index in [1.54, 1.807) is 26.1 Å². The number of alkyl carbamates (subject to hydrolysis) is 1. The zero-order valence-corrected chi connectivity index (χ0v) is 36.7. The third-order valence-corrected chi connectivity index (χ3v) is 11.7. The molecule has 0 aliphatic heterocycles. The average molecular weight is 862 g/mol. The van der Waals surface area contributed by atoms with E-state index in [4.69, 9.17) is 10.5 Å². The number of fused-ring (bicyclic) bond motifs is 3. The number of aromatic nitrogens is 1. The van der Waals surface area contributed by atoms with E-state index in [1.165, 1.54) is 16.7 Å². The summed E-state index contributed by atoms with van der Waals surface area (Å²) in [5, 5.41) is 13.1. The highest BCUT2D eigenvalue weighted by atomic mass is 19.1. The third kappa shape index (κ3) is 10.5. The van der Waals surface area contributed by atoms with Gasteiger partial charge in [-0.05, 0) is 76.8 Å². The lowest BCUT2D eigenvalue weighted by Crippen LogP contribution is -2.56. The topological polar surface area (TPSA) is 147 Å². The van der Waals surface area contributed by atoms with Crippen molar-refractivity contribution in [1.29, 1.82) is 0 Å². The van der Waals surface area contributed by atoms with Crippen molar-refractivity contribution in [3.05, 3.63) is 143 Å². The summed E-state index contributed by atoms with van der Waals surface area (Å²) < 4.78 is 37.4. The average Bonchev–Trinajstić information content (AvgIpc) is 3.81. The molecular formula is C50H57F2N5O6. The first-order valence-corrected chi connectivity index (χ1v) is 21.3. The molecule has 1 aromatic heterocycles. The number of carbonyl (C=O) groups is 4. The van der Waals surface area contributed by atoms with Crippen LogP contribution in [0.5, 0.6) is 0 Å². The Hall–Kier alpha value is -6.34. The van der Waals surface area contributed by atoms with Crippen LogP contribution in [0.4, 0.5) is 13.6 Å². The first-order valence-electron chi connectivity index (χ1n) is 21.3. The summed E-state index contributed by atoms with van der Waals surface area (Å²) in [7, 11) is 0. The molecular weight excluding hydrogens is 805 g/mol. The highest BCUT2D eigenvalue weighted by molar-refractivity contribution is 5.91. The van der Waals surface area contributed by atoms with E-state index < -0.39 is 71.5 Å². The number of aliphatic hydroxyl groups is 1. The number of primary amides is 1. The molecule has 0 unspecified atom stereocenters. The van der Waals surface area contributed by atoms with E-state index in [2.05, 4.69) is 5.32 Å². The van der Waals surface area contributed by atoms with Crippen molar-refractivity contribution in [2.75, 3.05) is 26.3 Å². The zero-order chi connectivity index (χ0) is 45.6. The summed E-state index contributed by atoms with van der Waals surface area (Å²) in [6, 6.07) is 27.6. The highest BCUT2D eigenvalue weighted by Crippen LogP contribution is 2.45. The van der Waals surface area contributed by atoms with Gasteiger partial charge in [-0.3, -0.25) is 14.4 Å². The van der Waals surface area contributed by atoms with Gasteiger partial charge in [-0.1, -0.05) is 113 Å². The number of nitrogens with one attached hydrogen (secondary N) is 1. The van der Waals surface area contributed by atoms with Gasteiger partial charge in [-0.25, -0.2) is 13.6 Å². The minimum Gasteiger partial charge on any atom is -0.449 e. The minimum absolute atomic E-state index is 0.0168. The molecule has 1 heterocycles. The molecule has 0 radical (unpaired) electrons. The maximum atomic E-state index is 15.2. The van der Waals surface area contributed by atoms with Crippen LogP contribution in [0.25, 0.3) is 22.3 Å². The molecule has 13 heteroatoms. The van der Waals surface area contributed by atoms with Gasteiger partial charge in [-0.15, -0.1) is 0 Å². The number of carbonyl (C=O) groups excluding carboxylic acids is 4. The lowest BCUT2D eigenvalue weighted by molar-refractivity contribution is -0.142. The summed E-state index contributed by atoms with van der Waals surface area (Å²) in [5.41, 5.74) is 11.3. The van der Waals surface area contributed by atoms with E-state index in [0.717, 1.165) is 46.0 Å². The molecule has 63 heavy (non-hydrogen) atoms. The number of aliphatic hydroxyl groups excluding tert-OH is 1. The van der Waals surface area contributed by atoms with Gasteiger partial charge in [0.15, 0.2) is 0 Å². The number of hydrogen-bond acceptors (Lipinski definition) is 6. The van der Waals surface area contributed by atoms with Crippen LogP contribution in [-0.4, -0.2) is 81.7 Å². The van der Waals surface area contributed by atoms with E-state index in [9.17, 15) is 28.7 Å². The predicted molar refractivity (Wildman–Crippen MR) is 238 cm³/mol. The van der Waals surface area contributed by atoms with Crippen molar-refractivity contribution in [2.24, 2.45) is 17.1 Å². The Morgan fingerprint density at radius 2 is 1.43 bits per heavy atom. The maximum Gasteiger partial charge on any atom is 0.407 e. The zero-order valence-electron chi connectivity index (χ0n) is 36.7. The lowest BCUT2D eigenvalue weighted by Gasteiger charge is -2.41. The van der Waals surface area contributed by atoms with Gasteiger partial charge in [0.1, 0.15) is 36.9 Å². The molecule has 11 nitrogen and oxygen atoms in total. The number of hydrogen-bond donors (Lipinski definition) is 3. The van der Waals surface area contributed by atoms with Crippen molar-refractivity contribution in [2.45, 2.75) is 78.6 Å². The van der Waals surface area contributed by atoms with Gasteiger partial charge < -0.3 is 35.3 Å². The molecule has 4 amide bonds. The van der Waals surface area contributed by atoms with Crippen LogP contribution in [0.15, 0.2) is 109 Å². The quantitative estimate of drug-likeness (QED) is 0.0863. The van der Waals surface area contributed by atoms with Gasteiger partial charge >= 0.3 is 6.09 Å². The van der Waals surface area contributed by atoms with E-state index >= 15 is 4.39 Å². The van der Waals surface area contributed by atoms with Gasteiger partial charge in [-0.2, -0.15) is 0 Å². The van der Waals surface area contributed by atoms with Gasteiger partial charge in [0.25, 0.3) is 0 Å². The molecule has 0 spiro atoms. The van der Waals surface area contributed by atoms with Crippen molar-refractivity contribution < 1.29 is 37.8 Å². The second kappa shape index (κ2) is 19.8. The molecule has 0 saturated heterocycles. The van der Waals surface area contributed by atoms with Crippen molar-refractivity contribution in [3.63, 3.8) is 0 Å². The van der Waals surface area contributed by atoms with E-state index in [0.29, 0.717) is 17.8 Å². The van der Waals surface area contributed by atoms with Gasteiger partial charge in [0, 0.05) is 48.6 Å². The van der Waals surface area contributed by atoms with Crippen molar-refractivity contribution >= 4 is 23.8 Å². The van der Waals surface area contributed by atoms with Crippen LogP contribution in [-0.2, 0) is 25.7 Å². The molecule has 1 aliphatic rings. The fraction of sp³-hybridized carbons (Fsp3) is 0.360. The van der Waals surface area contributed by atoms with Crippen LogP contribution in [0.2, 0.25) is 0 Å². The predicted octanol–water partition coefficient (Wildman–Crippen LogP) is 8.05. The molecule has 332 valence electrons. The normalized spacial score (nSPS) is 13.7. The fourth-order valence-electron chi connectivity index (χ4n) is 8.62. The largest absolute Gasteiger partial charge is 0.449 e. The first kappa shape index (κ1) is 46.2. The Kier molecular flexibility index (Phi) is 14.5.